The highest BCUT2D eigenvalue weighted by Gasteiger charge is 2.13. The highest BCUT2D eigenvalue weighted by atomic mass is 16.5. The van der Waals surface area contributed by atoms with E-state index in [4.69, 9.17) is 10.5 Å². The molecule has 0 atom stereocenters. The molecule has 31 heavy (non-hydrogen) atoms. The van der Waals surface area contributed by atoms with Crippen LogP contribution in [0.25, 0.3) is 10.9 Å². The van der Waals surface area contributed by atoms with E-state index in [1.54, 1.807) is 11.7 Å². The maximum Gasteiger partial charge on any atom is 0.262 e. The Hall–Kier alpha value is -3.86. The number of para-hydroxylation sites is 1. The molecule has 0 unspecified atom stereocenters. The van der Waals surface area contributed by atoms with Gasteiger partial charge in [-0.25, -0.2) is 0 Å². The summed E-state index contributed by atoms with van der Waals surface area (Å²) in [5.74, 6) is 1.03. The first kappa shape index (κ1) is 20.4. The SMILES string of the molecule is COc1ccc(Cn2c(=O)c(C(N)=NCc3ccccc3C)cc3ccccc32)cc1. The van der Waals surface area contributed by atoms with E-state index in [9.17, 15) is 4.79 Å². The van der Waals surface area contributed by atoms with Crippen molar-refractivity contribution in [3.05, 3.63) is 111 Å². The summed E-state index contributed by atoms with van der Waals surface area (Å²) in [6.07, 6.45) is 0. The summed E-state index contributed by atoms with van der Waals surface area (Å²) in [4.78, 5) is 17.9. The van der Waals surface area contributed by atoms with E-state index in [0.29, 0.717) is 18.7 Å². The molecule has 2 N–H and O–H groups in total. The van der Waals surface area contributed by atoms with Crippen molar-refractivity contribution in [1.29, 1.82) is 0 Å². The summed E-state index contributed by atoms with van der Waals surface area (Å²) in [5.41, 5.74) is 10.7. The number of aromatic nitrogens is 1. The van der Waals surface area contributed by atoms with Gasteiger partial charge in [-0.2, -0.15) is 0 Å². The first-order valence-electron chi connectivity index (χ1n) is 10.2. The lowest BCUT2D eigenvalue weighted by molar-refractivity contribution is 0.414. The van der Waals surface area contributed by atoms with Crippen LogP contribution in [-0.4, -0.2) is 17.5 Å². The van der Waals surface area contributed by atoms with E-state index in [1.165, 1.54) is 0 Å². The molecule has 0 aliphatic heterocycles. The van der Waals surface area contributed by atoms with Gasteiger partial charge in [-0.15, -0.1) is 0 Å². The molecule has 4 rings (SSSR count). The normalized spacial score (nSPS) is 11.6. The van der Waals surface area contributed by atoms with Gasteiger partial charge < -0.3 is 15.0 Å². The fraction of sp³-hybridized carbons (Fsp3) is 0.154. The van der Waals surface area contributed by atoms with Crippen LogP contribution in [0.2, 0.25) is 0 Å². The molecule has 0 bridgehead atoms. The third kappa shape index (κ3) is 4.36. The number of amidine groups is 1. The Morgan fingerprint density at radius 1 is 1.00 bits per heavy atom. The van der Waals surface area contributed by atoms with Gasteiger partial charge in [0.2, 0.25) is 0 Å². The molecule has 5 nitrogen and oxygen atoms in total. The molecule has 0 radical (unpaired) electrons. The van der Waals surface area contributed by atoms with Gasteiger partial charge in [0.15, 0.2) is 0 Å². The summed E-state index contributed by atoms with van der Waals surface area (Å²) in [5, 5.41) is 0.944. The third-order valence-electron chi connectivity index (χ3n) is 5.46. The summed E-state index contributed by atoms with van der Waals surface area (Å²) < 4.78 is 6.99. The minimum Gasteiger partial charge on any atom is -0.497 e. The lowest BCUT2D eigenvalue weighted by Crippen LogP contribution is -2.30. The maximum absolute atomic E-state index is 13.4. The van der Waals surface area contributed by atoms with E-state index in [-0.39, 0.29) is 11.4 Å². The molecule has 0 amide bonds. The Balaban J connectivity index is 1.75. The molecule has 0 saturated carbocycles. The summed E-state index contributed by atoms with van der Waals surface area (Å²) in [7, 11) is 1.63. The van der Waals surface area contributed by atoms with Crippen molar-refractivity contribution in [2.45, 2.75) is 20.0 Å². The second kappa shape index (κ2) is 8.88. The number of hydrogen-bond donors (Lipinski definition) is 1. The van der Waals surface area contributed by atoms with Crippen LogP contribution < -0.4 is 16.0 Å². The van der Waals surface area contributed by atoms with Crippen LogP contribution in [0.5, 0.6) is 5.75 Å². The minimum absolute atomic E-state index is 0.152. The number of nitrogens with zero attached hydrogens (tertiary/aromatic N) is 2. The van der Waals surface area contributed by atoms with Crippen LogP contribution >= 0.6 is 0 Å². The number of aryl methyl sites for hydroxylation is 1. The third-order valence-corrected chi connectivity index (χ3v) is 5.46. The van der Waals surface area contributed by atoms with Crippen LogP contribution in [0.1, 0.15) is 22.3 Å². The van der Waals surface area contributed by atoms with E-state index < -0.39 is 0 Å². The molecule has 0 spiro atoms. The molecular weight excluding hydrogens is 386 g/mol. The molecular formula is C26H25N3O2. The molecule has 0 saturated heterocycles. The largest absolute Gasteiger partial charge is 0.497 e. The van der Waals surface area contributed by atoms with E-state index in [2.05, 4.69) is 4.99 Å². The van der Waals surface area contributed by atoms with Crippen molar-refractivity contribution >= 4 is 16.7 Å². The number of hydrogen-bond acceptors (Lipinski definition) is 3. The van der Waals surface area contributed by atoms with Gasteiger partial charge >= 0.3 is 0 Å². The predicted octanol–water partition coefficient (Wildman–Crippen LogP) is 4.27. The smallest absolute Gasteiger partial charge is 0.262 e. The number of fused-ring (bicyclic) bond motifs is 1. The van der Waals surface area contributed by atoms with Crippen LogP contribution in [0.15, 0.2) is 88.6 Å². The maximum atomic E-state index is 13.4. The summed E-state index contributed by atoms with van der Waals surface area (Å²) >= 11 is 0. The predicted molar refractivity (Wildman–Crippen MR) is 126 cm³/mol. The van der Waals surface area contributed by atoms with Gasteiger partial charge in [0.05, 0.1) is 31.3 Å². The van der Waals surface area contributed by atoms with Gasteiger partial charge in [0.25, 0.3) is 5.56 Å². The fourth-order valence-electron chi connectivity index (χ4n) is 3.62. The number of nitrogens with two attached hydrogens (primary N) is 1. The molecule has 0 aliphatic carbocycles. The van der Waals surface area contributed by atoms with Crippen LogP contribution in [0.4, 0.5) is 0 Å². The van der Waals surface area contributed by atoms with E-state index >= 15 is 0 Å². The molecule has 4 aromatic rings. The summed E-state index contributed by atoms with van der Waals surface area (Å²) in [6.45, 7) is 2.91. The number of ether oxygens (including phenoxy) is 1. The van der Waals surface area contributed by atoms with Gasteiger partial charge in [0, 0.05) is 0 Å². The van der Waals surface area contributed by atoms with Crippen LogP contribution in [0.3, 0.4) is 0 Å². The quantitative estimate of drug-likeness (QED) is 0.380. The Bertz CT molecular complexity index is 1300. The second-order valence-electron chi connectivity index (χ2n) is 7.48. The minimum atomic E-state index is -0.152. The van der Waals surface area contributed by atoms with Crippen molar-refractivity contribution in [3.8, 4) is 5.75 Å². The first-order valence-corrected chi connectivity index (χ1v) is 10.2. The Kier molecular flexibility index (Phi) is 5.85. The van der Waals surface area contributed by atoms with Crippen molar-refractivity contribution in [2.75, 3.05) is 7.11 Å². The number of pyridine rings is 1. The Morgan fingerprint density at radius 3 is 2.45 bits per heavy atom. The molecule has 5 heteroatoms. The van der Waals surface area contributed by atoms with Crippen molar-refractivity contribution in [3.63, 3.8) is 0 Å². The molecule has 3 aromatic carbocycles. The molecule has 1 aromatic heterocycles. The molecule has 1 heterocycles. The molecule has 0 fully saturated rings. The van der Waals surface area contributed by atoms with Crippen LogP contribution in [0, 0.1) is 6.92 Å². The number of benzene rings is 3. The standard InChI is InChI=1S/C26H25N3O2/c1-18-7-3-4-9-21(18)16-28-25(27)23-15-20-8-5-6-10-24(20)29(26(23)30)17-19-11-13-22(31-2)14-12-19/h3-15H,16-17H2,1-2H3,(H2,27,28). The zero-order valence-corrected chi connectivity index (χ0v) is 17.7. The van der Waals surface area contributed by atoms with Gasteiger partial charge in [-0.05, 0) is 53.3 Å². The van der Waals surface area contributed by atoms with Crippen LogP contribution in [-0.2, 0) is 13.1 Å². The zero-order valence-electron chi connectivity index (χ0n) is 17.7. The lowest BCUT2D eigenvalue weighted by atomic mass is 10.1. The van der Waals surface area contributed by atoms with Crippen molar-refractivity contribution < 1.29 is 4.74 Å². The number of aliphatic imine (C=N–C) groups is 1. The van der Waals surface area contributed by atoms with Gasteiger partial charge in [-0.3, -0.25) is 9.79 Å². The molecule has 0 aliphatic rings. The second-order valence-corrected chi connectivity index (χ2v) is 7.48. The van der Waals surface area contributed by atoms with Crippen molar-refractivity contribution in [1.82, 2.24) is 4.57 Å². The Morgan fingerprint density at radius 2 is 1.71 bits per heavy atom. The van der Waals surface area contributed by atoms with E-state index in [1.807, 2.05) is 85.8 Å². The fourth-order valence-corrected chi connectivity index (χ4v) is 3.62. The van der Waals surface area contributed by atoms with Gasteiger partial charge in [-0.1, -0.05) is 54.6 Å². The Labute approximate surface area is 181 Å². The first-order chi connectivity index (χ1) is 15.1. The molecule has 156 valence electrons. The monoisotopic (exact) mass is 411 g/mol. The number of methoxy groups -OCH3 is 1. The average Bonchev–Trinajstić information content (AvgIpc) is 2.80. The lowest BCUT2D eigenvalue weighted by Gasteiger charge is -2.13. The zero-order chi connectivity index (χ0) is 21.8. The van der Waals surface area contributed by atoms with Gasteiger partial charge in [0.1, 0.15) is 11.6 Å². The highest BCUT2D eigenvalue weighted by Crippen LogP contribution is 2.17. The number of rotatable bonds is 6. The highest BCUT2D eigenvalue weighted by molar-refractivity contribution is 6.00. The average molecular weight is 412 g/mol. The summed E-state index contributed by atoms with van der Waals surface area (Å²) in [6, 6.07) is 25.4. The topological polar surface area (TPSA) is 69.6 Å². The van der Waals surface area contributed by atoms with Crippen molar-refractivity contribution in [2.24, 2.45) is 10.7 Å². The van der Waals surface area contributed by atoms with E-state index in [0.717, 1.165) is 33.3 Å².